The van der Waals surface area contributed by atoms with Crippen molar-refractivity contribution in [1.82, 2.24) is 19.7 Å². The van der Waals surface area contributed by atoms with Gasteiger partial charge in [-0.25, -0.2) is 0 Å². The van der Waals surface area contributed by atoms with Gasteiger partial charge in [0.25, 0.3) is 0 Å². The molecule has 0 radical (unpaired) electrons. The van der Waals surface area contributed by atoms with Crippen molar-refractivity contribution in [3.8, 4) is 0 Å². The lowest BCUT2D eigenvalue weighted by molar-refractivity contribution is 0.756. The zero-order chi connectivity index (χ0) is 13.8. The van der Waals surface area contributed by atoms with E-state index in [0.29, 0.717) is 12.4 Å². The molecule has 0 aliphatic rings. The fourth-order valence-corrected chi connectivity index (χ4v) is 1.84. The Morgan fingerprint density at radius 1 is 1.26 bits per heavy atom. The molecular formula is C12H19N7. The highest BCUT2D eigenvalue weighted by atomic mass is 15.3. The second kappa shape index (κ2) is 5.55. The SMILES string of the molecule is CCNc1cc(NCc2cn(C)nc2C)nc(N)n1. The Hall–Kier alpha value is -2.31. The van der Waals surface area contributed by atoms with E-state index in [4.69, 9.17) is 5.73 Å². The third-order valence-electron chi connectivity index (χ3n) is 2.68. The van der Waals surface area contributed by atoms with Crippen molar-refractivity contribution < 1.29 is 0 Å². The number of nitrogen functional groups attached to an aromatic ring is 1. The Kier molecular flexibility index (Phi) is 3.84. The Morgan fingerprint density at radius 3 is 2.53 bits per heavy atom. The van der Waals surface area contributed by atoms with Crippen LogP contribution < -0.4 is 16.4 Å². The first-order valence-electron chi connectivity index (χ1n) is 6.20. The summed E-state index contributed by atoms with van der Waals surface area (Å²) in [4.78, 5) is 8.26. The lowest BCUT2D eigenvalue weighted by atomic mass is 10.2. The van der Waals surface area contributed by atoms with Crippen LogP contribution in [0.25, 0.3) is 0 Å². The summed E-state index contributed by atoms with van der Waals surface area (Å²) in [6.45, 7) is 5.43. The van der Waals surface area contributed by atoms with E-state index < -0.39 is 0 Å². The molecule has 0 fully saturated rings. The lowest BCUT2D eigenvalue weighted by Gasteiger charge is -2.08. The number of aryl methyl sites for hydroxylation is 2. The molecule has 2 heterocycles. The topological polar surface area (TPSA) is 93.7 Å². The molecule has 7 nitrogen and oxygen atoms in total. The highest BCUT2D eigenvalue weighted by Gasteiger charge is 2.05. The van der Waals surface area contributed by atoms with Crippen LogP contribution in [0.1, 0.15) is 18.2 Å². The lowest BCUT2D eigenvalue weighted by Crippen LogP contribution is -2.08. The number of rotatable bonds is 5. The van der Waals surface area contributed by atoms with Crippen molar-refractivity contribution in [2.24, 2.45) is 7.05 Å². The van der Waals surface area contributed by atoms with E-state index in [0.717, 1.165) is 23.6 Å². The Morgan fingerprint density at radius 2 is 1.95 bits per heavy atom. The molecule has 0 saturated heterocycles. The third kappa shape index (κ3) is 3.34. The number of nitrogens with zero attached hydrogens (tertiary/aromatic N) is 4. The van der Waals surface area contributed by atoms with E-state index in [2.05, 4.69) is 25.7 Å². The van der Waals surface area contributed by atoms with Gasteiger partial charge in [0.05, 0.1) is 5.69 Å². The van der Waals surface area contributed by atoms with E-state index >= 15 is 0 Å². The smallest absolute Gasteiger partial charge is 0.223 e. The summed E-state index contributed by atoms with van der Waals surface area (Å²) in [5.74, 6) is 1.68. The molecule has 2 aromatic heterocycles. The van der Waals surface area contributed by atoms with E-state index in [-0.39, 0.29) is 5.95 Å². The van der Waals surface area contributed by atoms with Crippen molar-refractivity contribution >= 4 is 17.6 Å². The number of hydrogen-bond acceptors (Lipinski definition) is 6. The summed E-state index contributed by atoms with van der Waals surface area (Å²) in [5.41, 5.74) is 7.81. The van der Waals surface area contributed by atoms with Gasteiger partial charge in [-0.05, 0) is 13.8 Å². The highest BCUT2D eigenvalue weighted by Crippen LogP contribution is 2.14. The second-order valence-corrected chi connectivity index (χ2v) is 4.29. The van der Waals surface area contributed by atoms with Crippen molar-refractivity contribution in [1.29, 1.82) is 0 Å². The summed E-state index contributed by atoms with van der Waals surface area (Å²) in [6.07, 6.45) is 1.98. The fourth-order valence-electron chi connectivity index (χ4n) is 1.84. The quantitative estimate of drug-likeness (QED) is 0.747. The third-order valence-corrected chi connectivity index (χ3v) is 2.68. The Bertz CT molecular complexity index is 561. The number of hydrogen-bond donors (Lipinski definition) is 3. The summed E-state index contributed by atoms with van der Waals surface area (Å²) in [7, 11) is 1.91. The molecule has 0 atom stereocenters. The molecule has 2 rings (SSSR count). The average molecular weight is 261 g/mol. The zero-order valence-electron chi connectivity index (χ0n) is 11.4. The molecule has 0 bridgehead atoms. The summed E-state index contributed by atoms with van der Waals surface area (Å²) in [5, 5.41) is 10.6. The van der Waals surface area contributed by atoms with E-state index in [9.17, 15) is 0 Å². The summed E-state index contributed by atoms with van der Waals surface area (Å²) < 4.78 is 1.80. The van der Waals surface area contributed by atoms with E-state index in [1.165, 1.54) is 0 Å². The first-order chi connectivity index (χ1) is 9.08. The molecule has 0 saturated carbocycles. The van der Waals surface area contributed by atoms with Gasteiger partial charge in [-0.3, -0.25) is 4.68 Å². The average Bonchev–Trinajstić information content (AvgIpc) is 2.65. The summed E-state index contributed by atoms with van der Waals surface area (Å²) in [6, 6.07) is 1.84. The zero-order valence-corrected chi connectivity index (χ0v) is 11.4. The van der Waals surface area contributed by atoms with E-state index in [1.54, 1.807) is 4.68 Å². The number of aromatic nitrogens is 4. The molecular weight excluding hydrogens is 242 g/mol. The molecule has 0 aromatic carbocycles. The largest absolute Gasteiger partial charge is 0.370 e. The summed E-state index contributed by atoms with van der Waals surface area (Å²) >= 11 is 0. The van der Waals surface area contributed by atoms with Gasteiger partial charge in [-0.15, -0.1) is 0 Å². The number of nitrogens with one attached hydrogen (secondary N) is 2. The van der Waals surface area contributed by atoms with Gasteiger partial charge in [0.15, 0.2) is 0 Å². The second-order valence-electron chi connectivity index (χ2n) is 4.29. The van der Waals surface area contributed by atoms with Crippen molar-refractivity contribution in [3.63, 3.8) is 0 Å². The standard InChI is InChI=1S/C12H19N7/c1-4-14-10-5-11(17-12(13)16-10)15-6-9-7-19(3)18-8(9)2/h5,7H,4,6H2,1-3H3,(H4,13,14,15,16,17). The van der Waals surface area contributed by atoms with Crippen LogP contribution in [0.4, 0.5) is 17.6 Å². The van der Waals surface area contributed by atoms with Gasteiger partial charge in [0.1, 0.15) is 11.6 Å². The van der Waals surface area contributed by atoms with Gasteiger partial charge in [0, 0.05) is 38.0 Å². The van der Waals surface area contributed by atoms with Gasteiger partial charge in [-0.2, -0.15) is 15.1 Å². The fraction of sp³-hybridized carbons (Fsp3) is 0.417. The minimum absolute atomic E-state index is 0.254. The van der Waals surface area contributed by atoms with Gasteiger partial charge in [-0.1, -0.05) is 0 Å². The maximum Gasteiger partial charge on any atom is 0.223 e. The van der Waals surface area contributed by atoms with Crippen molar-refractivity contribution in [3.05, 3.63) is 23.5 Å². The first-order valence-corrected chi connectivity index (χ1v) is 6.20. The van der Waals surface area contributed by atoms with Crippen LogP contribution >= 0.6 is 0 Å². The van der Waals surface area contributed by atoms with Gasteiger partial charge in [0.2, 0.25) is 5.95 Å². The van der Waals surface area contributed by atoms with Crippen LogP contribution in [-0.2, 0) is 13.6 Å². The molecule has 19 heavy (non-hydrogen) atoms. The Labute approximate surface area is 112 Å². The number of nitrogens with two attached hydrogens (primary N) is 1. The normalized spacial score (nSPS) is 10.5. The minimum atomic E-state index is 0.254. The van der Waals surface area contributed by atoms with E-state index in [1.807, 2.05) is 33.2 Å². The molecule has 0 aliphatic carbocycles. The predicted octanol–water partition coefficient (Wildman–Crippen LogP) is 1.14. The van der Waals surface area contributed by atoms with Crippen molar-refractivity contribution in [2.75, 3.05) is 22.9 Å². The molecule has 0 amide bonds. The van der Waals surface area contributed by atoms with Crippen LogP contribution in [0, 0.1) is 6.92 Å². The minimum Gasteiger partial charge on any atom is -0.370 e. The molecule has 2 aromatic rings. The maximum absolute atomic E-state index is 5.67. The molecule has 4 N–H and O–H groups in total. The van der Waals surface area contributed by atoms with Crippen LogP contribution in [0.2, 0.25) is 0 Å². The van der Waals surface area contributed by atoms with Crippen LogP contribution in [0.15, 0.2) is 12.3 Å². The van der Waals surface area contributed by atoms with Crippen molar-refractivity contribution in [2.45, 2.75) is 20.4 Å². The maximum atomic E-state index is 5.67. The Balaban J connectivity index is 2.08. The molecule has 102 valence electrons. The molecule has 0 unspecified atom stereocenters. The molecule has 0 aliphatic heterocycles. The van der Waals surface area contributed by atoms with Gasteiger partial charge < -0.3 is 16.4 Å². The predicted molar refractivity (Wildman–Crippen MR) is 75.9 cm³/mol. The molecule has 0 spiro atoms. The van der Waals surface area contributed by atoms with Gasteiger partial charge >= 0.3 is 0 Å². The monoisotopic (exact) mass is 261 g/mol. The van der Waals surface area contributed by atoms with Crippen LogP contribution in [0.5, 0.6) is 0 Å². The van der Waals surface area contributed by atoms with Crippen LogP contribution in [-0.4, -0.2) is 26.3 Å². The highest BCUT2D eigenvalue weighted by molar-refractivity contribution is 5.51. The molecule has 7 heteroatoms. The first kappa shape index (κ1) is 13.1. The van der Waals surface area contributed by atoms with Crippen LogP contribution in [0.3, 0.4) is 0 Å². The number of anilines is 3.